The molecule has 186 valence electrons. The van der Waals surface area contributed by atoms with Gasteiger partial charge in [-0.15, -0.1) is 4.95 Å². The molecule has 40 heavy (non-hydrogen) atoms. The van der Waals surface area contributed by atoms with E-state index in [0.717, 1.165) is 54.2 Å². The minimum atomic E-state index is -0.578. The van der Waals surface area contributed by atoms with Crippen molar-refractivity contribution < 1.29 is 8.78 Å². The predicted octanol–water partition coefficient (Wildman–Crippen LogP) is 6.69. The van der Waals surface area contributed by atoms with Gasteiger partial charge in [-0.25, -0.2) is 9.97 Å². The summed E-state index contributed by atoms with van der Waals surface area (Å²) in [5, 5.41) is 21.3. The second-order valence-corrected chi connectivity index (χ2v) is 9.31. The van der Waals surface area contributed by atoms with E-state index in [1.807, 2.05) is 54.7 Å². The zero-order chi connectivity index (χ0) is 27.4. The van der Waals surface area contributed by atoms with Crippen molar-refractivity contribution in [1.82, 2.24) is 9.97 Å². The Kier molecular flexibility index (Phi) is 5.16. The molecule has 7 rings (SSSR count). The molecule has 0 aliphatic carbocycles. The Labute approximate surface area is 225 Å². The SMILES string of the molecule is [C-]#[N+]/N=c1/c2cc(-c3ccnc(F)c3)ccc2c2cc3c(=NC#N)c4cc(-c5ccnc(F)c5)ccc4c3cc12. The smallest absolute Gasteiger partial charge is 0.213 e. The molecule has 0 spiro atoms. The third kappa shape index (κ3) is 3.52. The van der Waals surface area contributed by atoms with E-state index in [2.05, 4.69) is 25.0 Å². The van der Waals surface area contributed by atoms with Crippen LogP contribution in [0.25, 0.3) is 70.3 Å². The fourth-order valence-corrected chi connectivity index (χ4v) is 5.53. The number of nitriles is 1. The standard InChI is InChI=1S/C32H14F2N6/c1-36-40-32-26-11-18(20-7-9-38-30(34)13-20)3-5-22(26)24-14-27-23(15-28(24)32)21-4-2-17(10-25(21)31(27)39-16-35)19-6-8-37-29(33)12-19/h2-15H/b39-31?,40-32-. The normalized spacial score (nSPS) is 12.5. The summed E-state index contributed by atoms with van der Waals surface area (Å²) >= 11 is 0. The molecule has 5 aromatic carbocycles. The molecule has 8 heteroatoms. The van der Waals surface area contributed by atoms with Crippen LogP contribution >= 0.6 is 0 Å². The van der Waals surface area contributed by atoms with Crippen LogP contribution in [-0.2, 0) is 0 Å². The first-order valence-electron chi connectivity index (χ1n) is 12.2. The van der Waals surface area contributed by atoms with Gasteiger partial charge in [0.05, 0.1) is 10.5 Å². The largest absolute Gasteiger partial charge is 0.228 e. The highest BCUT2D eigenvalue weighted by molar-refractivity contribution is 6.21. The highest BCUT2D eigenvalue weighted by atomic mass is 19.1. The van der Waals surface area contributed by atoms with Gasteiger partial charge in [0.15, 0.2) is 5.36 Å². The molecule has 0 bridgehead atoms. The van der Waals surface area contributed by atoms with Crippen molar-refractivity contribution >= 4 is 43.1 Å². The van der Waals surface area contributed by atoms with E-state index in [1.54, 1.807) is 12.1 Å². The summed E-state index contributed by atoms with van der Waals surface area (Å²) in [4.78, 5) is 14.8. The number of hydrogen-bond donors (Lipinski definition) is 0. The lowest BCUT2D eigenvalue weighted by atomic mass is 10.0. The summed E-state index contributed by atoms with van der Waals surface area (Å²) in [6.45, 7) is 7.47. The number of rotatable bonds is 2. The molecule has 0 N–H and O–H groups in total. The van der Waals surface area contributed by atoms with Crippen molar-refractivity contribution in [3.63, 3.8) is 0 Å². The molecule has 0 atom stereocenters. The van der Waals surface area contributed by atoms with E-state index in [4.69, 9.17) is 6.57 Å². The van der Waals surface area contributed by atoms with Gasteiger partial charge in [0.25, 0.3) is 0 Å². The summed E-state index contributed by atoms with van der Waals surface area (Å²) in [7, 11) is 0. The molecule has 0 saturated heterocycles. The topological polar surface area (TPSA) is 78.6 Å². The van der Waals surface area contributed by atoms with Gasteiger partial charge >= 0.3 is 0 Å². The third-order valence-electron chi connectivity index (χ3n) is 7.23. The Balaban J connectivity index is 1.56. The summed E-state index contributed by atoms with van der Waals surface area (Å²) in [6.07, 6.45) is 4.75. The average molecular weight is 521 g/mol. The summed E-state index contributed by atoms with van der Waals surface area (Å²) < 4.78 is 27.6. The highest BCUT2D eigenvalue weighted by Crippen LogP contribution is 2.35. The number of halogens is 2. The maximum Gasteiger partial charge on any atom is 0.213 e. The van der Waals surface area contributed by atoms with Crippen LogP contribution in [0.3, 0.4) is 0 Å². The van der Waals surface area contributed by atoms with Crippen LogP contribution in [0.1, 0.15) is 0 Å². The monoisotopic (exact) mass is 520 g/mol. The van der Waals surface area contributed by atoms with Crippen molar-refractivity contribution in [2.75, 3.05) is 0 Å². The molecule has 0 saturated carbocycles. The lowest BCUT2D eigenvalue weighted by molar-refractivity contribution is 0.584. The molecule has 7 aromatic rings. The molecule has 0 aliphatic rings. The Bertz CT molecular complexity index is 2220. The van der Waals surface area contributed by atoms with E-state index in [1.165, 1.54) is 24.5 Å². The quantitative estimate of drug-likeness (QED) is 0.110. The van der Waals surface area contributed by atoms with Crippen molar-refractivity contribution in [3.8, 4) is 28.4 Å². The summed E-state index contributed by atoms with van der Waals surface area (Å²) in [5.74, 6) is -1.15. The zero-order valence-electron chi connectivity index (χ0n) is 20.5. The van der Waals surface area contributed by atoms with Crippen molar-refractivity contribution in [2.24, 2.45) is 10.1 Å². The van der Waals surface area contributed by atoms with Gasteiger partial charge in [-0.3, -0.25) is 0 Å². The second kappa shape index (κ2) is 8.87. The summed E-state index contributed by atoms with van der Waals surface area (Å²) in [6, 6.07) is 21.6. The molecule has 2 heterocycles. The van der Waals surface area contributed by atoms with Gasteiger partial charge in [-0.1, -0.05) is 24.3 Å². The number of hydrogen-bond acceptors (Lipinski definition) is 5. The van der Waals surface area contributed by atoms with Gasteiger partial charge in [-0.05, 0) is 80.2 Å². The van der Waals surface area contributed by atoms with Crippen LogP contribution in [0, 0.1) is 29.9 Å². The first-order valence-corrected chi connectivity index (χ1v) is 12.2. The Morgan fingerprint density at radius 1 is 0.600 bits per heavy atom. The Morgan fingerprint density at radius 2 is 1.07 bits per heavy atom. The fraction of sp³-hybridized carbons (Fsp3) is 0. The number of aromatic nitrogens is 2. The molecular formula is C32H14F2N6. The minimum Gasteiger partial charge on any atom is -0.228 e. The van der Waals surface area contributed by atoms with Crippen molar-refractivity contribution in [3.05, 3.63) is 119 Å². The van der Waals surface area contributed by atoms with Crippen molar-refractivity contribution in [1.29, 1.82) is 5.26 Å². The lowest BCUT2D eigenvalue weighted by Gasteiger charge is -2.02. The Morgan fingerprint density at radius 3 is 1.57 bits per heavy atom. The van der Waals surface area contributed by atoms with Gasteiger partial charge in [0.1, 0.15) is 0 Å². The number of pyridine rings is 2. The molecule has 0 fully saturated rings. The van der Waals surface area contributed by atoms with E-state index in [-0.39, 0.29) is 0 Å². The van der Waals surface area contributed by atoms with Crippen LogP contribution in [0.4, 0.5) is 8.78 Å². The Hall–Kier alpha value is -5.86. The fourth-order valence-electron chi connectivity index (χ4n) is 5.53. The van der Waals surface area contributed by atoms with Gasteiger partial charge in [0, 0.05) is 46.1 Å². The van der Waals surface area contributed by atoms with Gasteiger partial charge in [0.2, 0.25) is 18.1 Å². The maximum absolute atomic E-state index is 13.8. The average Bonchev–Trinajstić information content (AvgIpc) is 3.43. The zero-order valence-corrected chi connectivity index (χ0v) is 20.5. The maximum atomic E-state index is 13.8. The molecule has 0 aliphatic heterocycles. The van der Waals surface area contributed by atoms with E-state index in [9.17, 15) is 14.0 Å². The third-order valence-corrected chi connectivity index (χ3v) is 7.23. The molecule has 0 amide bonds. The molecule has 0 radical (unpaired) electrons. The first-order chi connectivity index (χ1) is 19.6. The van der Waals surface area contributed by atoms with Crippen LogP contribution in [-0.4, -0.2) is 9.97 Å². The van der Waals surface area contributed by atoms with Gasteiger partial charge < -0.3 is 0 Å². The van der Waals surface area contributed by atoms with Crippen LogP contribution in [0.15, 0.2) is 95.3 Å². The molecule has 6 nitrogen and oxygen atoms in total. The van der Waals surface area contributed by atoms with Crippen molar-refractivity contribution in [2.45, 2.75) is 0 Å². The number of nitrogens with zero attached hydrogens (tertiary/aromatic N) is 6. The lowest BCUT2D eigenvalue weighted by Crippen LogP contribution is -1.99. The van der Waals surface area contributed by atoms with E-state index < -0.39 is 11.9 Å². The van der Waals surface area contributed by atoms with Gasteiger partial charge in [-0.2, -0.15) is 25.6 Å². The van der Waals surface area contributed by atoms with Crippen LogP contribution < -0.4 is 10.7 Å². The highest BCUT2D eigenvalue weighted by Gasteiger charge is 2.17. The number of fused-ring (bicyclic) bond motifs is 6. The van der Waals surface area contributed by atoms with Crippen LogP contribution in [0.5, 0.6) is 0 Å². The van der Waals surface area contributed by atoms with E-state index >= 15 is 0 Å². The number of benzene rings is 3. The summed E-state index contributed by atoms with van der Waals surface area (Å²) in [5.41, 5.74) is 2.87. The molecule has 0 unspecified atom stereocenters. The van der Waals surface area contributed by atoms with E-state index in [0.29, 0.717) is 21.8 Å². The molecular weight excluding hydrogens is 506 g/mol. The molecule has 2 aromatic heterocycles. The minimum absolute atomic E-state index is 0.521. The predicted molar refractivity (Wildman–Crippen MR) is 149 cm³/mol. The first kappa shape index (κ1) is 23.3. The van der Waals surface area contributed by atoms with Crippen LogP contribution in [0.2, 0.25) is 0 Å². The second-order valence-electron chi connectivity index (χ2n) is 9.31.